The maximum Gasteiger partial charge on any atom is 0.256 e. The number of amides is 1. The predicted molar refractivity (Wildman–Crippen MR) is 119 cm³/mol. The van der Waals surface area contributed by atoms with Gasteiger partial charge in [-0.25, -0.2) is 15.0 Å². The van der Waals surface area contributed by atoms with Gasteiger partial charge in [-0.1, -0.05) is 6.07 Å². The summed E-state index contributed by atoms with van der Waals surface area (Å²) >= 11 is 0. The molecular formula is C22H25N7O. The first-order valence-corrected chi connectivity index (χ1v) is 9.92. The molecular weight excluding hydrogens is 378 g/mol. The minimum absolute atomic E-state index is 0.202. The zero-order valence-corrected chi connectivity index (χ0v) is 17.2. The molecule has 3 heterocycles. The van der Waals surface area contributed by atoms with Crippen LogP contribution in [0.25, 0.3) is 0 Å². The Bertz CT molecular complexity index is 967. The normalized spacial score (nSPS) is 13.8. The first kappa shape index (κ1) is 19.6. The van der Waals surface area contributed by atoms with Crippen LogP contribution >= 0.6 is 0 Å². The fourth-order valence-corrected chi connectivity index (χ4v) is 3.35. The monoisotopic (exact) mass is 403 g/mol. The lowest BCUT2D eigenvalue weighted by molar-refractivity contribution is 0.102. The number of rotatable bonds is 5. The molecule has 154 valence electrons. The lowest BCUT2D eigenvalue weighted by Crippen LogP contribution is -2.47. The summed E-state index contributed by atoms with van der Waals surface area (Å²) in [5.41, 5.74) is 1.62. The van der Waals surface area contributed by atoms with Gasteiger partial charge in [-0.2, -0.15) is 0 Å². The van der Waals surface area contributed by atoms with E-state index in [0.29, 0.717) is 11.4 Å². The van der Waals surface area contributed by atoms with E-state index in [0.717, 1.165) is 43.5 Å². The molecule has 0 bridgehead atoms. The summed E-state index contributed by atoms with van der Waals surface area (Å²) < 4.78 is 0. The molecule has 30 heavy (non-hydrogen) atoms. The molecule has 8 nitrogen and oxygen atoms in total. The summed E-state index contributed by atoms with van der Waals surface area (Å²) in [7, 11) is 3.93. The molecule has 1 aromatic carbocycles. The molecule has 1 amide bonds. The first-order valence-electron chi connectivity index (χ1n) is 9.92. The minimum Gasteiger partial charge on any atom is -0.378 e. The zero-order valence-electron chi connectivity index (χ0n) is 17.2. The molecule has 0 atom stereocenters. The van der Waals surface area contributed by atoms with Gasteiger partial charge in [-0.05, 0) is 36.4 Å². The van der Waals surface area contributed by atoms with Gasteiger partial charge in [0.05, 0.1) is 12.4 Å². The van der Waals surface area contributed by atoms with Crippen LogP contribution in [-0.4, -0.2) is 61.1 Å². The van der Waals surface area contributed by atoms with E-state index in [9.17, 15) is 4.79 Å². The van der Waals surface area contributed by atoms with Crippen molar-refractivity contribution < 1.29 is 4.79 Å². The molecule has 4 rings (SSSR count). The van der Waals surface area contributed by atoms with Gasteiger partial charge in [0, 0.05) is 57.7 Å². The van der Waals surface area contributed by atoms with Gasteiger partial charge in [0.25, 0.3) is 5.91 Å². The maximum absolute atomic E-state index is 12.4. The van der Waals surface area contributed by atoms with Crippen molar-refractivity contribution in [3.8, 4) is 0 Å². The number of pyridine rings is 1. The number of nitrogens with one attached hydrogen (secondary N) is 1. The molecule has 1 fully saturated rings. The highest BCUT2D eigenvalue weighted by Crippen LogP contribution is 2.18. The smallest absolute Gasteiger partial charge is 0.256 e. The molecule has 1 aliphatic heterocycles. The molecule has 0 saturated carbocycles. The molecule has 0 unspecified atom stereocenters. The van der Waals surface area contributed by atoms with Gasteiger partial charge < -0.3 is 20.0 Å². The Morgan fingerprint density at radius 1 is 0.867 bits per heavy atom. The molecule has 3 aromatic rings. The maximum atomic E-state index is 12.4. The van der Waals surface area contributed by atoms with Crippen LogP contribution in [0.15, 0.2) is 61.1 Å². The SMILES string of the molecule is CN(C)c1ccc(C(=O)Nc2cnc(N3CCN(c4ccccn4)CC3)cn2)cc1. The van der Waals surface area contributed by atoms with E-state index in [1.165, 1.54) is 0 Å². The lowest BCUT2D eigenvalue weighted by Gasteiger charge is -2.35. The molecule has 0 aliphatic carbocycles. The molecule has 1 aliphatic rings. The Morgan fingerprint density at radius 3 is 2.13 bits per heavy atom. The summed E-state index contributed by atoms with van der Waals surface area (Å²) in [6.45, 7) is 3.44. The van der Waals surface area contributed by atoms with E-state index >= 15 is 0 Å². The van der Waals surface area contributed by atoms with Crippen molar-refractivity contribution in [2.45, 2.75) is 0 Å². The molecule has 1 N–H and O–H groups in total. The summed E-state index contributed by atoms with van der Waals surface area (Å²) in [6, 6.07) is 13.4. The number of hydrogen-bond donors (Lipinski definition) is 1. The molecule has 1 saturated heterocycles. The van der Waals surface area contributed by atoms with Crippen LogP contribution in [0.2, 0.25) is 0 Å². The van der Waals surface area contributed by atoms with Crippen molar-refractivity contribution in [3.63, 3.8) is 0 Å². The molecule has 0 spiro atoms. The summed E-state index contributed by atoms with van der Waals surface area (Å²) in [5, 5.41) is 2.80. The van der Waals surface area contributed by atoms with Gasteiger partial charge in [-0.15, -0.1) is 0 Å². The van der Waals surface area contributed by atoms with Crippen molar-refractivity contribution in [1.29, 1.82) is 0 Å². The minimum atomic E-state index is -0.202. The van der Waals surface area contributed by atoms with Gasteiger partial charge in [-0.3, -0.25) is 4.79 Å². The van der Waals surface area contributed by atoms with Gasteiger partial charge in [0.2, 0.25) is 0 Å². The fourth-order valence-electron chi connectivity index (χ4n) is 3.35. The average molecular weight is 403 g/mol. The number of nitrogens with zero attached hydrogens (tertiary/aromatic N) is 6. The van der Waals surface area contributed by atoms with Crippen LogP contribution < -0.4 is 20.0 Å². The number of piperazine rings is 1. The number of carbonyl (C=O) groups excluding carboxylic acids is 1. The standard InChI is InChI=1S/C22H25N7O/c1-27(2)18-8-6-17(7-9-18)22(30)26-19-15-25-21(16-24-19)29-13-11-28(12-14-29)20-5-3-4-10-23-20/h3-10,15-16H,11-14H2,1-2H3,(H,24,26,30). The number of benzene rings is 1. The van der Waals surface area contributed by atoms with E-state index in [1.54, 1.807) is 24.5 Å². The van der Waals surface area contributed by atoms with Crippen molar-refractivity contribution in [3.05, 3.63) is 66.6 Å². The van der Waals surface area contributed by atoms with E-state index in [-0.39, 0.29) is 5.91 Å². The second-order valence-electron chi connectivity index (χ2n) is 7.32. The highest BCUT2D eigenvalue weighted by atomic mass is 16.1. The number of hydrogen-bond acceptors (Lipinski definition) is 7. The largest absolute Gasteiger partial charge is 0.378 e. The van der Waals surface area contributed by atoms with E-state index < -0.39 is 0 Å². The first-order chi connectivity index (χ1) is 14.6. The van der Waals surface area contributed by atoms with Crippen molar-refractivity contribution in [2.75, 3.05) is 60.3 Å². The third kappa shape index (κ3) is 4.48. The Morgan fingerprint density at radius 2 is 1.57 bits per heavy atom. The van der Waals surface area contributed by atoms with Gasteiger partial charge >= 0.3 is 0 Å². The number of carbonyl (C=O) groups is 1. The van der Waals surface area contributed by atoms with Crippen molar-refractivity contribution in [1.82, 2.24) is 15.0 Å². The van der Waals surface area contributed by atoms with Crippen LogP contribution in [0.4, 0.5) is 23.1 Å². The van der Waals surface area contributed by atoms with Crippen LogP contribution in [0.5, 0.6) is 0 Å². The van der Waals surface area contributed by atoms with Crippen molar-refractivity contribution in [2.24, 2.45) is 0 Å². The Kier molecular flexibility index (Phi) is 5.74. The quantitative estimate of drug-likeness (QED) is 0.701. The second-order valence-corrected chi connectivity index (χ2v) is 7.32. The Hall–Kier alpha value is -3.68. The third-order valence-electron chi connectivity index (χ3n) is 5.10. The summed E-state index contributed by atoms with van der Waals surface area (Å²) in [6.07, 6.45) is 5.13. The molecule has 2 aromatic heterocycles. The topological polar surface area (TPSA) is 77.5 Å². The van der Waals surface area contributed by atoms with Crippen LogP contribution in [0, 0.1) is 0 Å². The number of aromatic nitrogens is 3. The zero-order chi connectivity index (χ0) is 20.9. The van der Waals surface area contributed by atoms with Gasteiger partial charge in [0.1, 0.15) is 11.6 Å². The van der Waals surface area contributed by atoms with E-state index in [4.69, 9.17) is 0 Å². The fraction of sp³-hybridized carbons (Fsp3) is 0.273. The second kappa shape index (κ2) is 8.77. The van der Waals surface area contributed by atoms with E-state index in [2.05, 4.69) is 30.1 Å². The highest BCUT2D eigenvalue weighted by molar-refractivity contribution is 6.03. The molecule has 0 radical (unpaired) electrons. The summed E-state index contributed by atoms with van der Waals surface area (Å²) in [4.78, 5) is 32.2. The number of anilines is 4. The lowest BCUT2D eigenvalue weighted by atomic mass is 10.2. The van der Waals surface area contributed by atoms with Crippen LogP contribution in [0.1, 0.15) is 10.4 Å². The Labute approximate surface area is 176 Å². The van der Waals surface area contributed by atoms with Gasteiger partial charge in [0.15, 0.2) is 5.82 Å². The predicted octanol–water partition coefficient (Wildman–Crippen LogP) is 2.52. The third-order valence-corrected chi connectivity index (χ3v) is 5.10. The summed E-state index contributed by atoms with van der Waals surface area (Å²) in [5.74, 6) is 2.04. The van der Waals surface area contributed by atoms with Crippen LogP contribution in [-0.2, 0) is 0 Å². The Balaban J connectivity index is 1.33. The van der Waals surface area contributed by atoms with Crippen LogP contribution in [0.3, 0.4) is 0 Å². The van der Waals surface area contributed by atoms with E-state index in [1.807, 2.05) is 55.5 Å². The average Bonchev–Trinajstić information content (AvgIpc) is 2.80. The van der Waals surface area contributed by atoms with Crippen molar-refractivity contribution >= 4 is 29.0 Å². The highest BCUT2D eigenvalue weighted by Gasteiger charge is 2.19. The molecule has 8 heteroatoms.